The first kappa shape index (κ1) is 13.2. The number of nitriles is 2. The molecule has 0 bridgehead atoms. The summed E-state index contributed by atoms with van der Waals surface area (Å²) in [6.45, 7) is 3.46. The van der Waals surface area contributed by atoms with Gasteiger partial charge in [-0.1, -0.05) is 6.07 Å². The second-order valence-electron chi connectivity index (χ2n) is 4.97. The van der Waals surface area contributed by atoms with Crippen LogP contribution in [0.5, 0.6) is 5.75 Å². The number of aryl methyl sites for hydroxylation is 1. The molecule has 0 amide bonds. The van der Waals surface area contributed by atoms with Crippen LogP contribution in [0.4, 0.5) is 5.69 Å². The smallest absolute Gasteiger partial charge is 0.147 e. The van der Waals surface area contributed by atoms with Crippen molar-refractivity contribution in [2.45, 2.75) is 19.8 Å². The summed E-state index contributed by atoms with van der Waals surface area (Å²) in [5, 5.41) is 18.3. The number of nitrogens with zero attached hydrogens (tertiary/aromatic N) is 3. The van der Waals surface area contributed by atoms with Crippen LogP contribution >= 0.6 is 0 Å². The first-order valence-corrected chi connectivity index (χ1v) is 6.36. The summed E-state index contributed by atoms with van der Waals surface area (Å²) in [5.41, 5.74) is 1.41. The van der Waals surface area contributed by atoms with E-state index in [1.807, 2.05) is 19.1 Å². The molecule has 1 aliphatic heterocycles. The van der Waals surface area contributed by atoms with E-state index in [4.69, 9.17) is 15.3 Å². The third-order valence-electron chi connectivity index (χ3n) is 3.72. The van der Waals surface area contributed by atoms with Gasteiger partial charge in [0.05, 0.1) is 24.9 Å². The molecule has 0 unspecified atom stereocenters. The maximum Gasteiger partial charge on any atom is 0.147 e. The molecule has 0 spiro atoms. The van der Waals surface area contributed by atoms with Crippen molar-refractivity contribution in [3.63, 3.8) is 0 Å². The van der Waals surface area contributed by atoms with Gasteiger partial charge in [0.2, 0.25) is 0 Å². The van der Waals surface area contributed by atoms with Crippen molar-refractivity contribution >= 4 is 5.69 Å². The fourth-order valence-electron chi connectivity index (χ4n) is 2.43. The second-order valence-corrected chi connectivity index (χ2v) is 4.97. The molecule has 0 aromatic heterocycles. The predicted octanol–water partition coefficient (Wildman–Crippen LogP) is 2.64. The van der Waals surface area contributed by atoms with Crippen LogP contribution in [-0.4, -0.2) is 20.2 Å². The number of hydrogen-bond acceptors (Lipinski definition) is 4. The summed E-state index contributed by atoms with van der Waals surface area (Å²) in [5.74, 6) is 0.840. The predicted molar refractivity (Wildman–Crippen MR) is 72.8 cm³/mol. The SMILES string of the molecule is COc1ccc(C)cc1N1CCC(C#N)(C#N)CC1. The minimum absolute atomic E-state index is 0.580. The van der Waals surface area contributed by atoms with Crippen molar-refractivity contribution in [1.82, 2.24) is 0 Å². The van der Waals surface area contributed by atoms with Crippen molar-refractivity contribution < 1.29 is 4.74 Å². The topological polar surface area (TPSA) is 60.0 Å². The first-order valence-electron chi connectivity index (χ1n) is 6.36. The average molecular weight is 255 g/mol. The minimum atomic E-state index is -0.812. The number of benzene rings is 1. The molecule has 98 valence electrons. The fraction of sp³-hybridized carbons (Fsp3) is 0.467. The zero-order chi connectivity index (χ0) is 13.9. The summed E-state index contributed by atoms with van der Waals surface area (Å²) in [6, 6.07) is 10.4. The Morgan fingerprint density at radius 2 is 1.84 bits per heavy atom. The van der Waals surface area contributed by atoms with E-state index in [0.717, 1.165) is 11.4 Å². The van der Waals surface area contributed by atoms with Gasteiger partial charge in [0.1, 0.15) is 11.2 Å². The molecule has 0 N–H and O–H groups in total. The standard InChI is InChI=1S/C15H17N3O/c1-12-3-4-14(19-2)13(9-12)18-7-5-15(10-16,11-17)6-8-18/h3-4,9H,5-8H2,1-2H3. The lowest BCUT2D eigenvalue weighted by Gasteiger charge is -2.35. The molecule has 19 heavy (non-hydrogen) atoms. The molecule has 1 aromatic rings. The van der Waals surface area contributed by atoms with E-state index in [2.05, 4.69) is 23.1 Å². The van der Waals surface area contributed by atoms with Gasteiger partial charge in [0, 0.05) is 13.1 Å². The lowest BCUT2D eigenvalue weighted by atomic mass is 9.81. The van der Waals surface area contributed by atoms with Crippen LogP contribution in [0, 0.1) is 35.0 Å². The van der Waals surface area contributed by atoms with E-state index in [-0.39, 0.29) is 0 Å². The molecular weight excluding hydrogens is 238 g/mol. The molecule has 0 atom stereocenters. The lowest BCUT2D eigenvalue weighted by molar-refractivity contribution is 0.383. The van der Waals surface area contributed by atoms with Crippen molar-refractivity contribution in [1.29, 1.82) is 10.5 Å². The van der Waals surface area contributed by atoms with Crippen molar-refractivity contribution in [3.8, 4) is 17.9 Å². The largest absolute Gasteiger partial charge is 0.495 e. The second kappa shape index (κ2) is 5.20. The maximum atomic E-state index is 9.13. The molecule has 0 aliphatic carbocycles. The van der Waals surface area contributed by atoms with Gasteiger partial charge in [-0.05, 0) is 37.5 Å². The third kappa shape index (κ3) is 2.48. The van der Waals surface area contributed by atoms with Crippen molar-refractivity contribution in [3.05, 3.63) is 23.8 Å². The normalized spacial score (nSPS) is 17.4. The molecule has 1 fully saturated rings. The van der Waals surface area contributed by atoms with Gasteiger partial charge in [-0.25, -0.2) is 0 Å². The maximum absolute atomic E-state index is 9.13. The number of hydrogen-bond donors (Lipinski definition) is 0. The van der Waals surface area contributed by atoms with Crippen LogP contribution in [0.3, 0.4) is 0 Å². The van der Waals surface area contributed by atoms with Crippen LogP contribution in [0.25, 0.3) is 0 Å². The van der Waals surface area contributed by atoms with Gasteiger partial charge in [-0.2, -0.15) is 10.5 Å². The highest BCUT2D eigenvalue weighted by Crippen LogP contribution is 2.36. The van der Waals surface area contributed by atoms with E-state index >= 15 is 0 Å². The van der Waals surface area contributed by atoms with Gasteiger partial charge >= 0.3 is 0 Å². The quantitative estimate of drug-likeness (QED) is 0.815. The Hall–Kier alpha value is -2.20. The Balaban J connectivity index is 2.21. The Labute approximate surface area is 113 Å². The minimum Gasteiger partial charge on any atom is -0.495 e. The highest BCUT2D eigenvalue weighted by molar-refractivity contribution is 5.60. The Bertz CT molecular complexity index is 529. The van der Waals surface area contributed by atoms with E-state index in [1.54, 1.807) is 7.11 Å². The van der Waals surface area contributed by atoms with Crippen molar-refractivity contribution in [2.24, 2.45) is 5.41 Å². The molecule has 1 heterocycles. The summed E-state index contributed by atoms with van der Waals surface area (Å²) in [7, 11) is 1.66. The van der Waals surface area contributed by atoms with E-state index in [1.165, 1.54) is 5.56 Å². The molecular formula is C15H17N3O. The Morgan fingerprint density at radius 1 is 1.21 bits per heavy atom. The molecule has 4 nitrogen and oxygen atoms in total. The number of piperidine rings is 1. The van der Waals surface area contributed by atoms with Crippen LogP contribution in [-0.2, 0) is 0 Å². The third-order valence-corrected chi connectivity index (χ3v) is 3.72. The molecule has 1 aliphatic rings. The molecule has 1 saturated heterocycles. The zero-order valence-electron chi connectivity index (χ0n) is 11.3. The van der Waals surface area contributed by atoms with E-state index < -0.39 is 5.41 Å². The van der Waals surface area contributed by atoms with Crippen LogP contribution in [0.1, 0.15) is 18.4 Å². The van der Waals surface area contributed by atoms with E-state index in [9.17, 15) is 0 Å². The number of ether oxygens (including phenoxy) is 1. The van der Waals surface area contributed by atoms with Crippen LogP contribution in [0.2, 0.25) is 0 Å². The Morgan fingerprint density at radius 3 is 2.37 bits per heavy atom. The van der Waals surface area contributed by atoms with E-state index in [0.29, 0.717) is 25.9 Å². The van der Waals surface area contributed by atoms with Gasteiger partial charge in [0.15, 0.2) is 0 Å². The molecule has 4 heteroatoms. The summed E-state index contributed by atoms with van der Waals surface area (Å²) < 4.78 is 5.39. The Kier molecular flexibility index (Phi) is 3.62. The van der Waals surface area contributed by atoms with Crippen molar-refractivity contribution in [2.75, 3.05) is 25.1 Å². The highest BCUT2D eigenvalue weighted by atomic mass is 16.5. The van der Waals surface area contributed by atoms with Gasteiger partial charge in [0.25, 0.3) is 0 Å². The number of rotatable bonds is 2. The molecule has 0 saturated carbocycles. The summed E-state index contributed by atoms with van der Waals surface area (Å²) >= 11 is 0. The fourth-order valence-corrected chi connectivity index (χ4v) is 2.43. The molecule has 2 rings (SSSR count). The summed E-state index contributed by atoms with van der Waals surface area (Å²) in [4.78, 5) is 2.19. The highest BCUT2D eigenvalue weighted by Gasteiger charge is 2.35. The van der Waals surface area contributed by atoms with Gasteiger partial charge in [-0.3, -0.25) is 0 Å². The average Bonchev–Trinajstić information content (AvgIpc) is 2.47. The molecule has 1 aromatic carbocycles. The zero-order valence-corrected chi connectivity index (χ0v) is 11.3. The number of methoxy groups -OCH3 is 1. The monoisotopic (exact) mass is 255 g/mol. The lowest BCUT2D eigenvalue weighted by Crippen LogP contribution is -2.39. The number of anilines is 1. The molecule has 0 radical (unpaired) electrons. The van der Waals surface area contributed by atoms with Gasteiger partial charge in [-0.15, -0.1) is 0 Å². The first-order chi connectivity index (χ1) is 9.14. The van der Waals surface area contributed by atoms with Crippen LogP contribution < -0.4 is 9.64 Å². The van der Waals surface area contributed by atoms with Gasteiger partial charge < -0.3 is 9.64 Å². The van der Waals surface area contributed by atoms with Crippen LogP contribution in [0.15, 0.2) is 18.2 Å². The summed E-state index contributed by atoms with van der Waals surface area (Å²) in [6.07, 6.45) is 1.16.